The van der Waals surface area contributed by atoms with E-state index in [1.54, 1.807) is 12.1 Å². The van der Waals surface area contributed by atoms with Gasteiger partial charge in [0, 0.05) is 6.07 Å². The second kappa shape index (κ2) is 2.81. The van der Waals surface area contributed by atoms with Crippen LogP contribution < -0.4 is 0 Å². The Morgan fingerprint density at radius 1 is 1.67 bits per heavy atom. The zero-order valence-electron chi connectivity index (χ0n) is 4.65. The van der Waals surface area contributed by atoms with Crippen LogP contribution in [-0.4, -0.2) is 11.4 Å². The lowest BCUT2D eigenvalue weighted by molar-refractivity contribution is -0.104. The molecule has 0 saturated heterocycles. The van der Waals surface area contributed by atoms with Crippen LogP contribution in [0.4, 0.5) is 0 Å². The molecule has 1 rings (SSSR count). The Bertz CT molecular complexity index is 201. The summed E-state index contributed by atoms with van der Waals surface area (Å²) in [7, 11) is 0. The molecule has 0 spiro atoms. The second-order valence-electron chi connectivity index (χ2n) is 1.42. The Labute approximate surface area is 52.0 Å². The molecule has 0 fully saturated rings. The highest BCUT2D eigenvalue weighted by atomic mass is 16.5. The van der Waals surface area contributed by atoms with Gasteiger partial charge in [-0.1, -0.05) is 5.16 Å². The lowest BCUT2D eigenvalue weighted by Crippen LogP contribution is -1.66. The van der Waals surface area contributed by atoms with Crippen molar-refractivity contribution < 1.29 is 9.32 Å². The molecule has 0 atom stereocenters. The molecule has 0 unspecified atom stereocenters. The summed E-state index contributed by atoms with van der Waals surface area (Å²) in [6.07, 6.45) is 5.06. The Kier molecular flexibility index (Phi) is 1.80. The number of nitrogens with zero attached hydrogens (tertiary/aromatic N) is 1. The quantitative estimate of drug-likeness (QED) is 0.433. The van der Waals surface area contributed by atoms with E-state index in [0.29, 0.717) is 12.0 Å². The molecule has 0 bridgehead atoms. The zero-order valence-corrected chi connectivity index (χ0v) is 4.65. The number of rotatable bonds is 2. The predicted octanol–water partition coefficient (Wildman–Crippen LogP) is 0.887. The zero-order chi connectivity index (χ0) is 6.53. The van der Waals surface area contributed by atoms with Crippen LogP contribution in [0.25, 0.3) is 6.08 Å². The molecule has 0 aliphatic heterocycles. The fourth-order valence-electron chi connectivity index (χ4n) is 0.446. The fraction of sp³-hybridized carbons (Fsp3) is 0. The van der Waals surface area contributed by atoms with Gasteiger partial charge in [-0.3, -0.25) is 4.79 Å². The Balaban J connectivity index is 2.67. The van der Waals surface area contributed by atoms with Crippen molar-refractivity contribution >= 4 is 12.4 Å². The maximum atomic E-state index is 9.75. The summed E-state index contributed by atoms with van der Waals surface area (Å²) in [6.45, 7) is 0. The topological polar surface area (TPSA) is 43.1 Å². The molecule has 46 valence electrons. The van der Waals surface area contributed by atoms with E-state index in [2.05, 4.69) is 9.68 Å². The van der Waals surface area contributed by atoms with Crippen molar-refractivity contribution in [1.29, 1.82) is 0 Å². The van der Waals surface area contributed by atoms with Gasteiger partial charge in [0.15, 0.2) is 0 Å². The first-order valence-electron chi connectivity index (χ1n) is 2.45. The van der Waals surface area contributed by atoms with Gasteiger partial charge in [-0.25, -0.2) is 0 Å². The molecule has 0 radical (unpaired) electrons. The van der Waals surface area contributed by atoms with Gasteiger partial charge in [-0.2, -0.15) is 0 Å². The molecule has 1 aromatic rings. The van der Waals surface area contributed by atoms with E-state index in [1.165, 1.54) is 12.3 Å². The van der Waals surface area contributed by atoms with Crippen LogP contribution in [0.3, 0.4) is 0 Å². The minimum Gasteiger partial charge on any atom is -0.364 e. The van der Waals surface area contributed by atoms with Crippen LogP contribution in [0, 0.1) is 0 Å². The van der Waals surface area contributed by atoms with E-state index in [4.69, 9.17) is 0 Å². The van der Waals surface area contributed by atoms with Gasteiger partial charge in [0.25, 0.3) is 0 Å². The minimum absolute atomic E-state index is 0.655. The smallest absolute Gasteiger partial charge is 0.142 e. The van der Waals surface area contributed by atoms with E-state index >= 15 is 0 Å². The molecule has 0 aliphatic rings. The number of hydrogen-bond donors (Lipinski definition) is 0. The van der Waals surface area contributed by atoms with Crippen LogP contribution in [0.2, 0.25) is 0 Å². The van der Waals surface area contributed by atoms with Crippen molar-refractivity contribution in [2.75, 3.05) is 0 Å². The molecule has 0 saturated carbocycles. The highest BCUT2D eigenvalue weighted by Gasteiger charge is 1.84. The van der Waals surface area contributed by atoms with Gasteiger partial charge in [-0.05, 0) is 12.2 Å². The summed E-state index contributed by atoms with van der Waals surface area (Å²) in [5.41, 5.74) is 0.655. The second-order valence-corrected chi connectivity index (χ2v) is 1.42. The molecule has 1 aromatic heterocycles. The SMILES string of the molecule is O=C/C=C/c1ccon1. The standard InChI is InChI=1S/C6H5NO2/c8-4-1-2-6-3-5-9-7-6/h1-5H/b2-1+. The highest BCUT2D eigenvalue weighted by molar-refractivity contribution is 5.72. The van der Waals surface area contributed by atoms with Crippen molar-refractivity contribution in [1.82, 2.24) is 5.16 Å². The lowest BCUT2D eigenvalue weighted by Gasteiger charge is -1.71. The molecule has 0 aliphatic carbocycles. The number of carbonyl (C=O) groups is 1. The summed E-state index contributed by atoms with van der Waals surface area (Å²) in [6, 6.07) is 1.67. The lowest BCUT2D eigenvalue weighted by atomic mass is 10.4. The summed E-state index contributed by atoms with van der Waals surface area (Å²) in [5.74, 6) is 0. The number of carbonyl (C=O) groups excluding carboxylic acids is 1. The van der Waals surface area contributed by atoms with Gasteiger partial charge in [-0.15, -0.1) is 0 Å². The molecule has 1 heterocycles. The van der Waals surface area contributed by atoms with Gasteiger partial charge < -0.3 is 4.52 Å². The summed E-state index contributed by atoms with van der Waals surface area (Å²) in [4.78, 5) is 9.75. The van der Waals surface area contributed by atoms with E-state index in [9.17, 15) is 4.79 Å². The van der Waals surface area contributed by atoms with E-state index in [-0.39, 0.29) is 0 Å². The van der Waals surface area contributed by atoms with Crippen LogP contribution in [-0.2, 0) is 4.79 Å². The van der Waals surface area contributed by atoms with Crippen LogP contribution in [0.15, 0.2) is 22.9 Å². The summed E-state index contributed by atoms with van der Waals surface area (Å²) < 4.78 is 4.49. The molecule has 0 amide bonds. The van der Waals surface area contributed by atoms with Crippen molar-refractivity contribution in [3.63, 3.8) is 0 Å². The minimum atomic E-state index is 0.655. The van der Waals surface area contributed by atoms with Crippen LogP contribution >= 0.6 is 0 Å². The molecule has 3 nitrogen and oxygen atoms in total. The largest absolute Gasteiger partial charge is 0.364 e. The molecular formula is C6H5NO2. The molecule has 0 aromatic carbocycles. The first kappa shape index (κ1) is 5.75. The first-order chi connectivity index (χ1) is 4.43. The van der Waals surface area contributed by atoms with Crippen LogP contribution in [0.1, 0.15) is 5.69 Å². The van der Waals surface area contributed by atoms with E-state index < -0.39 is 0 Å². The third-order valence-corrected chi connectivity index (χ3v) is 0.803. The molecular weight excluding hydrogens is 118 g/mol. The van der Waals surface area contributed by atoms with Gasteiger partial charge in [0.2, 0.25) is 0 Å². The Morgan fingerprint density at radius 2 is 2.56 bits per heavy atom. The number of allylic oxidation sites excluding steroid dienone is 1. The molecule has 3 heteroatoms. The Morgan fingerprint density at radius 3 is 3.11 bits per heavy atom. The number of aromatic nitrogens is 1. The third-order valence-electron chi connectivity index (χ3n) is 0.803. The van der Waals surface area contributed by atoms with Crippen molar-refractivity contribution in [2.45, 2.75) is 0 Å². The number of aldehydes is 1. The van der Waals surface area contributed by atoms with Crippen molar-refractivity contribution in [2.24, 2.45) is 0 Å². The van der Waals surface area contributed by atoms with E-state index in [0.717, 1.165) is 0 Å². The maximum Gasteiger partial charge on any atom is 0.142 e. The van der Waals surface area contributed by atoms with Crippen LogP contribution in [0.5, 0.6) is 0 Å². The molecule has 0 N–H and O–H groups in total. The first-order valence-corrected chi connectivity index (χ1v) is 2.45. The molecule has 9 heavy (non-hydrogen) atoms. The van der Waals surface area contributed by atoms with Gasteiger partial charge >= 0.3 is 0 Å². The monoisotopic (exact) mass is 123 g/mol. The highest BCUT2D eigenvalue weighted by Crippen LogP contribution is 1.94. The Hall–Kier alpha value is -1.38. The predicted molar refractivity (Wildman–Crippen MR) is 31.6 cm³/mol. The summed E-state index contributed by atoms with van der Waals surface area (Å²) in [5, 5.41) is 3.53. The number of hydrogen-bond acceptors (Lipinski definition) is 3. The average Bonchev–Trinajstić information content (AvgIpc) is 2.34. The maximum absolute atomic E-state index is 9.75. The third kappa shape index (κ3) is 1.53. The average molecular weight is 123 g/mol. The fourth-order valence-corrected chi connectivity index (χ4v) is 0.446. The van der Waals surface area contributed by atoms with Gasteiger partial charge in [0.1, 0.15) is 18.2 Å². The van der Waals surface area contributed by atoms with Crippen molar-refractivity contribution in [3.8, 4) is 0 Å². The van der Waals surface area contributed by atoms with E-state index in [1.807, 2.05) is 0 Å². The normalized spacial score (nSPS) is 10.2. The summed E-state index contributed by atoms with van der Waals surface area (Å²) >= 11 is 0. The van der Waals surface area contributed by atoms with Crippen molar-refractivity contribution in [3.05, 3.63) is 24.1 Å². The van der Waals surface area contributed by atoms with Gasteiger partial charge in [0.05, 0.1) is 0 Å².